The molecular weight excluding hydrogens is 298 g/mol. The second-order valence-electron chi connectivity index (χ2n) is 6.46. The highest BCUT2D eigenvalue weighted by Gasteiger charge is 2.18. The van der Waals surface area contributed by atoms with Gasteiger partial charge < -0.3 is 15.0 Å². The van der Waals surface area contributed by atoms with E-state index < -0.39 is 0 Å². The SMILES string of the molecule is CCNC(=NCc1ccc2ccccc2c1)N(C)CC1CCOC1. The molecular formula is C20H27N3O. The van der Waals surface area contributed by atoms with E-state index in [9.17, 15) is 0 Å². The molecule has 1 fully saturated rings. The summed E-state index contributed by atoms with van der Waals surface area (Å²) in [5.41, 5.74) is 1.24. The van der Waals surface area contributed by atoms with Crippen LogP contribution in [0.1, 0.15) is 18.9 Å². The molecule has 0 radical (unpaired) electrons. The molecule has 1 atom stereocenters. The number of rotatable bonds is 5. The summed E-state index contributed by atoms with van der Waals surface area (Å²) < 4.78 is 5.48. The Morgan fingerprint density at radius 1 is 1.25 bits per heavy atom. The molecule has 0 aliphatic carbocycles. The Kier molecular flexibility index (Phi) is 5.70. The molecule has 2 aromatic rings. The first-order valence-corrected chi connectivity index (χ1v) is 8.81. The van der Waals surface area contributed by atoms with Crippen molar-refractivity contribution >= 4 is 16.7 Å². The molecule has 0 aromatic heterocycles. The number of fused-ring (bicyclic) bond motifs is 1. The van der Waals surface area contributed by atoms with E-state index in [-0.39, 0.29) is 0 Å². The van der Waals surface area contributed by atoms with Gasteiger partial charge in [0.25, 0.3) is 0 Å². The highest BCUT2D eigenvalue weighted by atomic mass is 16.5. The molecule has 0 spiro atoms. The minimum atomic E-state index is 0.611. The highest BCUT2D eigenvalue weighted by Crippen LogP contribution is 2.17. The third kappa shape index (κ3) is 4.26. The molecule has 1 N–H and O–H groups in total. The summed E-state index contributed by atoms with van der Waals surface area (Å²) in [5, 5.41) is 5.94. The Morgan fingerprint density at radius 2 is 2.08 bits per heavy atom. The van der Waals surface area contributed by atoms with Crippen molar-refractivity contribution in [3.8, 4) is 0 Å². The predicted molar refractivity (Wildman–Crippen MR) is 100 cm³/mol. The molecule has 0 amide bonds. The lowest BCUT2D eigenvalue weighted by Crippen LogP contribution is -2.41. The van der Waals surface area contributed by atoms with Gasteiger partial charge in [-0.15, -0.1) is 0 Å². The maximum Gasteiger partial charge on any atom is 0.193 e. The molecule has 128 valence electrons. The van der Waals surface area contributed by atoms with Gasteiger partial charge >= 0.3 is 0 Å². The number of nitrogens with zero attached hydrogens (tertiary/aromatic N) is 2. The largest absolute Gasteiger partial charge is 0.381 e. The lowest BCUT2D eigenvalue weighted by molar-refractivity contribution is 0.181. The van der Waals surface area contributed by atoms with E-state index in [0.717, 1.165) is 38.7 Å². The molecule has 1 aliphatic rings. The number of hydrogen-bond acceptors (Lipinski definition) is 2. The van der Waals surface area contributed by atoms with Crippen molar-refractivity contribution in [2.75, 3.05) is 33.4 Å². The molecule has 0 bridgehead atoms. The third-order valence-electron chi connectivity index (χ3n) is 4.48. The molecule has 2 aromatic carbocycles. The summed E-state index contributed by atoms with van der Waals surface area (Å²) in [4.78, 5) is 7.05. The van der Waals surface area contributed by atoms with Gasteiger partial charge in [0.1, 0.15) is 0 Å². The zero-order valence-corrected chi connectivity index (χ0v) is 14.7. The van der Waals surface area contributed by atoms with Crippen LogP contribution in [-0.2, 0) is 11.3 Å². The number of ether oxygens (including phenoxy) is 1. The van der Waals surface area contributed by atoms with Crippen molar-refractivity contribution in [2.24, 2.45) is 10.9 Å². The van der Waals surface area contributed by atoms with E-state index in [4.69, 9.17) is 9.73 Å². The van der Waals surface area contributed by atoms with Crippen molar-refractivity contribution in [3.63, 3.8) is 0 Å². The van der Waals surface area contributed by atoms with Gasteiger partial charge in [0.15, 0.2) is 5.96 Å². The molecule has 1 saturated heterocycles. The Hall–Kier alpha value is -2.07. The van der Waals surface area contributed by atoms with E-state index in [1.54, 1.807) is 0 Å². The van der Waals surface area contributed by atoms with Crippen LogP contribution >= 0.6 is 0 Å². The number of aliphatic imine (C=N–C) groups is 1. The maximum atomic E-state index is 5.48. The van der Waals surface area contributed by atoms with Crippen LogP contribution in [0, 0.1) is 5.92 Å². The van der Waals surface area contributed by atoms with E-state index in [2.05, 4.69) is 66.7 Å². The fourth-order valence-corrected chi connectivity index (χ4v) is 3.17. The first kappa shape index (κ1) is 16.8. The first-order chi connectivity index (χ1) is 11.8. The summed E-state index contributed by atoms with van der Waals surface area (Å²) in [5.74, 6) is 1.58. The first-order valence-electron chi connectivity index (χ1n) is 8.81. The maximum absolute atomic E-state index is 5.48. The summed E-state index contributed by atoms with van der Waals surface area (Å²) in [6, 6.07) is 15.0. The van der Waals surface area contributed by atoms with Crippen LogP contribution in [0.5, 0.6) is 0 Å². The van der Waals surface area contributed by atoms with Crippen LogP contribution in [0.4, 0.5) is 0 Å². The molecule has 0 saturated carbocycles. The molecule has 4 heteroatoms. The number of nitrogens with one attached hydrogen (secondary N) is 1. The molecule has 3 rings (SSSR count). The van der Waals surface area contributed by atoms with Gasteiger partial charge in [0, 0.05) is 32.7 Å². The van der Waals surface area contributed by atoms with Crippen LogP contribution < -0.4 is 5.32 Å². The second-order valence-corrected chi connectivity index (χ2v) is 6.46. The van der Waals surface area contributed by atoms with Gasteiger partial charge in [0.2, 0.25) is 0 Å². The minimum Gasteiger partial charge on any atom is -0.381 e. The number of hydrogen-bond donors (Lipinski definition) is 1. The lowest BCUT2D eigenvalue weighted by atomic mass is 10.1. The fraction of sp³-hybridized carbons (Fsp3) is 0.450. The Bertz CT molecular complexity index is 692. The summed E-state index contributed by atoms with van der Waals surface area (Å²) in [7, 11) is 2.11. The average molecular weight is 325 g/mol. The fourth-order valence-electron chi connectivity index (χ4n) is 3.17. The van der Waals surface area contributed by atoms with Crippen LogP contribution in [-0.4, -0.2) is 44.2 Å². The van der Waals surface area contributed by atoms with Crippen molar-refractivity contribution in [1.29, 1.82) is 0 Å². The van der Waals surface area contributed by atoms with Crippen LogP contribution in [0.2, 0.25) is 0 Å². The molecule has 24 heavy (non-hydrogen) atoms. The summed E-state index contributed by atoms with van der Waals surface area (Å²) >= 11 is 0. The quantitative estimate of drug-likeness (QED) is 0.677. The van der Waals surface area contributed by atoms with Gasteiger partial charge in [0.05, 0.1) is 13.2 Å². The average Bonchev–Trinajstić information content (AvgIpc) is 3.11. The second kappa shape index (κ2) is 8.15. The predicted octanol–water partition coefficient (Wildman–Crippen LogP) is 3.27. The Balaban J connectivity index is 1.69. The summed E-state index contributed by atoms with van der Waals surface area (Å²) in [6.07, 6.45) is 1.15. The zero-order valence-electron chi connectivity index (χ0n) is 14.7. The van der Waals surface area contributed by atoms with Crippen molar-refractivity contribution < 1.29 is 4.74 Å². The Morgan fingerprint density at radius 3 is 2.83 bits per heavy atom. The van der Waals surface area contributed by atoms with Gasteiger partial charge in [-0.25, -0.2) is 4.99 Å². The summed E-state index contributed by atoms with van der Waals surface area (Å²) in [6.45, 7) is 6.43. The van der Waals surface area contributed by atoms with E-state index in [1.807, 2.05) is 0 Å². The number of benzene rings is 2. The van der Waals surface area contributed by atoms with E-state index in [0.29, 0.717) is 12.5 Å². The van der Waals surface area contributed by atoms with Crippen LogP contribution in [0.15, 0.2) is 47.5 Å². The number of guanidine groups is 1. The van der Waals surface area contributed by atoms with Crippen LogP contribution in [0.3, 0.4) is 0 Å². The smallest absolute Gasteiger partial charge is 0.193 e. The van der Waals surface area contributed by atoms with E-state index >= 15 is 0 Å². The zero-order chi connectivity index (χ0) is 16.8. The molecule has 1 unspecified atom stereocenters. The van der Waals surface area contributed by atoms with Crippen molar-refractivity contribution in [1.82, 2.24) is 10.2 Å². The van der Waals surface area contributed by atoms with Gasteiger partial charge in [-0.2, -0.15) is 0 Å². The van der Waals surface area contributed by atoms with Crippen LogP contribution in [0.25, 0.3) is 10.8 Å². The van der Waals surface area contributed by atoms with Crippen molar-refractivity contribution in [2.45, 2.75) is 19.9 Å². The molecule has 1 aliphatic heterocycles. The van der Waals surface area contributed by atoms with Gasteiger partial charge in [-0.05, 0) is 35.7 Å². The third-order valence-corrected chi connectivity index (χ3v) is 4.48. The highest BCUT2D eigenvalue weighted by molar-refractivity contribution is 5.83. The topological polar surface area (TPSA) is 36.9 Å². The monoisotopic (exact) mass is 325 g/mol. The molecule has 1 heterocycles. The molecule has 4 nitrogen and oxygen atoms in total. The van der Waals surface area contributed by atoms with Gasteiger partial charge in [-0.1, -0.05) is 36.4 Å². The minimum absolute atomic E-state index is 0.611. The van der Waals surface area contributed by atoms with Gasteiger partial charge in [-0.3, -0.25) is 0 Å². The lowest BCUT2D eigenvalue weighted by Gasteiger charge is -2.24. The Labute approximate surface area is 144 Å². The normalized spacial score (nSPS) is 18.1. The van der Waals surface area contributed by atoms with E-state index in [1.165, 1.54) is 16.3 Å². The van der Waals surface area contributed by atoms with Crippen molar-refractivity contribution in [3.05, 3.63) is 48.0 Å². The standard InChI is InChI=1S/C20H27N3O/c1-3-21-20(23(2)14-17-10-11-24-15-17)22-13-16-8-9-18-6-4-5-7-19(18)12-16/h4-9,12,17H,3,10-11,13-15H2,1-2H3,(H,21,22).